The van der Waals surface area contributed by atoms with Gasteiger partial charge in [-0.25, -0.2) is 4.39 Å². The molecule has 3 saturated heterocycles. The van der Waals surface area contributed by atoms with Gasteiger partial charge in [-0.05, 0) is 62.6 Å². The number of hydrogen-bond donors (Lipinski definition) is 3. The Morgan fingerprint density at radius 3 is 2.31 bits per heavy atom. The maximum atomic E-state index is 13.4. The average Bonchev–Trinajstić information content (AvgIpc) is 3.42. The molecule has 0 aromatic heterocycles. The predicted octanol–water partition coefficient (Wildman–Crippen LogP) is 0.905. The van der Waals surface area contributed by atoms with Crippen LogP contribution in [0, 0.1) is 23.1 Å². The summed E-state index contributed by atoms with van der Waals surface area (Å²) in [5, 5.41) is 32.4. The number of nitrogens with zero attached hydrogens (tertiary/aromatic N) is 3. The summed E-state index contributed by atoms with van der Waals surface area (Å²) in [6.45, 7) is 1.64. The lowest BCUT2D eigenvalue weighted by molar-refractivity contribution is -0.154. The molecule has 0 unspecified atom stereocenters. The zero-order chi connectivity index (χ0) is 22.8. The number of nitriles is 1. The molecule has 9 heteroatoms. The van der Waals surface area contributed by atoms with E-state index in [1.54, 1.807) is 11.0 Å². The van der Waals surface area contributed by atoms with Crippen LogP contribution < -0.4 is 10.2 Å². The van der Waals surface area contributed by atoms with E-state index in [-0.39, 0.29) is 18.0 Å². The molecule has 3 aliphatic rings. The number of hydrogen-bond acceptors (Lipinski definition) is 6. The fourth-order valence-corrected chi connectivity index (χ4v) is 5.30. The molecule has 0 radical (unpaired) electrons. The van der Waals surface area contributed by atoms with E-state index in [9.17, 15) is 29.5 Å². The summed E-state index contributed by atoms with van der Waals surface area (Å²) < 4.78 is 13.4. The molecule has 0 saturated carbocycles. The zero-order valence-corrected chi connectivity index (χ0v) is 17.9. The molecule has 0 spiro atoms. The van der Waals surface area contributed by atoms with Crippen LogP contribution in [0.15, 0.2) is 18.2 Å². The third-order valence-electron chi connectivity index (χ3n) is 7.13. The van der Waals surface area contributed by atoms with E-state index in [0.29, 0.717) is 30.9 Å². The fourth-order valence-electron chi connectivity index (χ4n) is 5.30. The molecule has 0 aliphatic carbocycles. The molecule has 32 heavy (non-hydrogen) atoms. The largest absolute Gasteiger partial charge is 0.380 e. The van der Waals surface area contributed by atoms with Crippen LogP contribution in [0.2, 0.25) is 0 Å². The Balaban J connectivity index is 1.24. The number of benzene rings is 1. The summed E-state index contributed by atoms with van der Waals surface area (Å²) in [5.41, 5.74) is 0.995. The van der Waals surface area contributed by atoms with E-state index in [4.69, 9.17) is 0 Å². The number of aliphatic hydroxyl groups excluding tert-OH is 2. The van der Waals surface area contributed by atoms with Gasteiger partial charge in [0.25, 0.3) is 11.8 Å². The SMILES string of the molecule is N#Cc1cc(F)ccc1N1CCC(CNC(=O)[C@H](O)[C@@H](O)C(=O)N2C3CCC2CC3)CC1. The van der Waals surface area contributed by atoms with Gasteiger partial charge in [0.2, 0.25) is 0 Å². The molecule has 2 bridgehead atoms. The highest BCUT2D eigenvalue weighted by Crippen LogP contribution is 2.37. The van der Waals surface area contributed by atoms with Crippen molar-refractivity contribution in [3.8, 4) is 6.07 Å². The van der Waals surface area contributed by atoms with Crippen molar-refractivity contribution in [3.05, 3.63) is 29.6 Å². The summed E-state index contributed by atoms with van der Waals surface area (Å²) >= 11 is 0. The van der Waals surface area contributed by atoms with Gasteiger partial charge in [-0.3, -0.25) is 9.59 Å². The first-order valence-electron chi connectivity index (χ1n) is 11.3. The summed E-state index contributed by atoms with van der Waals surface area (Å²) in [6, 6.07) is 6.43. The Morgan fingerprint density at radius 2 is 1.72 bits per heavy atom. The fraction of sp³-hybridized carbons (Fsp3) is 0.609. The van der Waals surface area contributed by atoms with E-state index in [0.717, 1.165) is 38.5 Å². The monoisotopic (exact) mass is 444 g/mol. The molecule has 1 aromatic carbocycles. The van der Waals surface area contributed by atoms with Crippen molar-refractivity contribution in [1.29, 1.82) is 5.26 Å². The van der Waals surface area contributed by atoms with Crippen LogP contribution in [0.1, 0.15) is 44.1 Å². The number of anilines is 1. The van der Waals surface area contributed by atoms with Crippen LogP contribution in [0.4, 0.5) is 10.1 Å². The Labute approximate surface area is 186 Å². The van der Waals surface area contributed by atoms with Gasteiger partial charge in [-0.2, -0.15) is 5.26 Å². The predicted molar refractivity (Wildman–Crippen MR) is 114 cm³/mol. The minimum absolute atomic E-state index is 0.116. The van der Waals surface area contributed by atoms with Crippen molar-refractivity contribution in [2.75, 3.05) is 24.5 Å². The van der Waals surface area contributed by atoms with Crippen molar-refractivity contribution >= 4 is 17.5 Å². The molecule has 172 valence electrons. The maximum absolute atomic E-state index is 13.4. The summed E-state index contributed by atoms with van der Waals surface area (Å²) in [5.74, 6) is -1.58. The van der Waals surface area contributed by atoms with E-state index in [1.807, 2.05) is 11.0 Å². The van der Waals surface area contributed by atoms with Gasteiger partial charge in [0, 0.05) is 31.7 Å². The first-order chi connectivity index (χ1) is 15.4. The lowest BCUT2D eigenvalue weighted by atomic mass is 9.95. The van der Waals surface area contributed by atoms with Gasteiger partial charge in [-0.1, -0.05) is 0 Å². The zero-order valence-electron chi connectivity index (χ0n) is 17.9. The normalized spacial score (nSPS) is 24.8. The topological polar surface area (TPSA) is 117 Å². The molecule has 1 aromatic rings. The number of carbonyl (C=O) groups excluding carboxylic acids is 2. The van der Waals surface area contributed by atoms with Gasteiger partial charge >= 0.3 is 0 Å². The van der Waals surface area contributed by atoms with Crippen LogP contribution in [0.5, 0.6) is 0 Å². The maximum Gasteiger partial charge on any atom is 0.255 e. The van der Waals surface area contributed by atoms with Gasteiger partial charge < -0.3 is 25.3 Å². The molecule has 2 atom stereocenters. The number of amides is 2. The van der Waals surface area contributed by atoms with Crippen molar-refractivity contribution in [2.24, 2.45) is 5.92 Å². The Morgan fingerprint density at radius 1 is 1.09 bits per heavy atom. The second kappa shape index (κ2) is 9.43. The van der Waals surface area contributed by atoms with Gasteiger partial charge in [-0.15, -0.1) is 0 Å². The standard InChI is InChI=1S/C23H29FN4O4/c24-16-1-6-19(15(11-16)12-25)27-9-7-14(8-10-27)13-26-22(31)20(29)21(30)23(32)28-17-2-3-18(28)5-4-17/h1,6,11,14,17-18,20-21,29-30H,2-5,7-10,13H2,(H,26,31)/t17?,18?,20-,21-/m1/s1. The van der Waals surface area contributed by atoms with Crippen LogP contribution in [-0.2, 0) is 9.59 Å². The highest BCUT2D eigenvalue weighted by molar-refractivity contribution is 5.91. The Bertz CT molecular complexity index is 892. The summed E-state index contributed by atoms with van der Waals surface area (Å²) in [7, 11) is 0. The average molecular weight is 445 g/mol. The molecule has 3 aliphatic heterocycles. The molecule has 3 N–H and O–H groups in total. The van der Waals surface area contributed by atoms with Crippen LogP contribution in [0.3, 0.4) is 0 Å². The van der Waals surface area contributed by atoms with E-state index < -0.39 is 29.8 Å². The number of carbonyl (C=O) groups is 2. The number of nitrogens with one attached hydrogen (secondary N) is 1. The van der Waals surface area contributed by atoms with Gasteiger partial charge in [0.15, 0.2) is 12.2 Å². The van der Waals surface area contributed by atoms with Crippen LogP contribution in [0.25, 0.3) is 0 Å². The smallest absolute Gasteiger partial charge is 0.255 e. The van der Waals surface area contributed by atoms with E-state index in [1.165, 1.54) is 12.1 Å². The third-order valence-corrected chi connectivity index (χ3v) is 7.13. The number of rotatable bonds is 6. The molecule has 4 rings (SSSR count). The van der Waals surface area contributed by atoms with Crippen LogP contribution in [-0.4, -0.2) is 70.9 Å². The van der Waals surface area contributed by atoms with Gasteiger partial charge in [0.05, 0.1) is 11.3 Å². The third kappa shape index (κ3) is 4.43. The molecule has 2 amide bonds. The highest BCUT2D eigenvalue weighted by Gasteiger charge is 2.46. The lowest BCUT2D eigenvalue weighted by Crippen LogP contribution is -2.52. The number of halogens is 1. The Kier molecular flexibility index (Phi) is 6.63. The first-order valence-corrected chi connectivity index (χ1v) is 11.3. The molecular weight excluding hydrogens is 415 g/mol. The molecule has 3 fully saturated rings. The van der Waals surface area contributed by atoms with Crippen molar-refractivity contribution < 1.29 is 24.2 Å². The van der Waals surface area contributed by atoms with E-state index >= 15 is 0 Å². The highest BCUT2D eigenvalue weighted by atomic mass is 19.1. The van der Waals surface area contributed by atoms with E-state index in [2.05, 4.69) is 5.32 Å². The van der Waals surface area contributed by atoms with Crippen LogP contribution >= 0.6 is 0 Å². The molecular formula is C23H29FN4O4. The summed E-state index contributed by atoms with van der Waals surface area (Å²) in [6.07, 6.45) is 1.61. The second-order valence-electron chi connectivity index (χ2n) is 9.05. The minimum atomic E-state index is -1.79. The first kappa shape index (κ1) is 22.5. The lowest BCUT2D eigenvalue weighted by Gasteiger charge is -2.34. The molecule has 8 nitrogen and oxygen atoms in total. The van der Waals surface area contributed by atoms with Gasteiger partial charge in [0.1, 0.15) is 11.9 Å². The molecule has 3 heterocycles. The second-order valence-corrected chi connectivity index (χ2v) is 9.05. The number of aliphatic hydroxyl groups is 2. The van der Waals surface area contributed by atoms with Crippen molar-refractivity contribution in [2.45, 2.75) is 62.8 Å². The summed E-state index contributed by atoms with van der Waals surface area (Å²) in [4.78, 5) is 28.6. The minimum Gasteiger partial charge on any atom is -0.380 e. The van der Waals surface area contributed by atoms with Crippen molar-refractivity contribution in [3.63, 3.8) is 0 Å². The number of piperidine rings is 1. The Hall–Kier alpha value is -2.70. The quantitative estimate of drug-likeness (QED) is 0.600. The number of fused-ring (bicyclic) bond motifs is 2. The van der Waals surface area contributed by atoms with Crippen molar-refractivity contribution in [1.82, 2.24) is 10.2 Å².